The maximum atomic E-state index is 6.45. The van der Waals surface area contributed by atoms with Crippen LogP contribution in [0.15, 0.2) is 186 Å². The van der Waals surface area contributed by atoms with Crippen LogP contribution < -0.4 is 0 Å². The minimum absolute atomic E-state index is 0.915. The van der Waals surface area contributed by atoms with Crippen LogP contribution in [0.2, 0.25) is 0 Å². The number of rotatable bonds is 4. The summed E-state index contributed by atoms with van der Waals surface area (Å²) < 4.78 is 6.45. The molecule has 0 saturated heterocycles. The highest BCUT2D eigenvalue weighted by molar-refractivity contribution is 6.22. The van der Waals surface area contributed by atoms with Crippen molar-refractivity contribution < 1.29 is 4.42 Å². The van der Waals surface area contributed by atoms with Gasteiger partial charge in [0.05, 0.1) is 0 Å². The molecule has 10 aromatic rings. The lowest BCUT2D eigenvalue weighted by Crippen LogP contribution is -1.91. The standard InChI is InChI=1S/C48H30O/c1-2-13-34-30-35(29-24-31(34)12-1)47-41-19-7-5-17-39(41)46(40-18-6-8-20-42(40)47)33-27-25-32(26-28-33)36-14-3-4-15-37(36)43-21-11-22-44-38-16-9-10-23-45(38)49-48(43)44/h1-30H. The van der Waals surface area contributed by atoms with E-state index in [0.717, 1.165) is 33.1 Å². The van der Waals surface area contributed by atoms with Crippen LogP contribution in [0.3, 0.4) is 0 Å². The topological polar surface area (TPSA) is 13.1 Å². The van der Waals surface area contributed by atoms with Gasteiger partial charge in [0.15, 0.2) is 0 Å². The van der Waals surface area contributed by atoms with Gasteiger partial charge in [0.2, 0.25) is 0 Å². The van der Waals surface area contributed by atoms with Gasteiger partial charge in [-0.3, -0.25) is 0 Å². The molecule has 0 amide bonds. The molecule has 1 heteroatoms. The molecule has 0 atom stereocenters. The minimum atomic E-state index is 0.915. The highest BCUT2D eigenvalue weighted by Gasteiger charge is 2.18. The molecule has 0 fully saturated rings. The van der Waals surface area contributed by atoms with Crippen LogP contribution in [-0.2, 0) is 0 Å². The van der Waals surface area contributed by atoms with Crippen molar-refractivity contribution in [1.82, 2.24) is 0 Å². The van der Waals surface area contributed by atoms with Crippen LogP contribution in [0.25, 0.3) is 98.8 Å². The lowest BCUT2D eigenvalue weighted by Gasteiger charge is -2.18. The SMILES string of the molecule is c1ccc(-c2cccc3c2oc2ccccc23)c(-c2ccc(-c3c4ccccc4c(-c4ccc5ccccc5c4)c4ccccc34)cc2)c1. The summed E-state index contributed by atoms with van der Waals surface area (Å²) in [7, 11) is 0. The zero-order valence-electron chi connectivity index (χ0n) is 26.7. The van der Waals surface area contributed by atoms with Crippen molar-refractivity contribution in [3.63, 3.8) is 0 Å². The third-order valence-electron chi connectivity index (χ3n) is 10.1. The molecular formula is C48H30O. The molecule has 0 saturated carbocycles. The average Bonchev–Trinajstić information content (AvgIpc) is 3.56. The highest BCUT2D eigenvalue weighted by Crippen LogP contribution is 2.45. The van der Waals surface area contributed by atoms with E-state index in [2.05, 4.69) is 170 Å². The zero-order valence-corrected chi connectivity index (χ0v) is 26.7. The third-order valence-corrected chi connectivity index (χ3v) is 10.1. The van der Waals surface area contributed by atoms with Gasteiger partial charge in [-0.25, -0.2) is 0 Å². The molecule has 1 nitrogen and oxygen atoms in total. The Labute approximate surface area is 284 Å². The maximum absolute atomic E-state index is 6.45. The Morgan fingerprint density at radius 1 is 0.286 bits per heavy atom. The molecule has 0 aliphatic rings. The first-order valence-corrected chi connectivity index (χ1v) is 16.8. The molecule has 228 valence electrons. The van der Waals surface area contributed by atoms with E-state index in [4.69, 9.17) is 4.42 Å². The van der Waals surface area contributed by atoms with Crippen LogP contribution in [0.4, 0.5) is 0 Å². The second-order valence-corrected chi connectivity index (χ2v) is 12.8. The fraction of sp³-hybridized carbons (Fsp3) is 0. The summed E-state index contributed by atoms with van der Waals surface area (Å²) in [6.07, 6.45) is 0. The molecule has 0 spiro atoms. The summed E-state index contributed by atoms with van der Waals surface area (Å²) in [4.78, 5) is 0. The van der Waals surface area contributed by atoms with Crippen molar-refractivity contribution in [3.05, 3.63) is 182 Å². The fourth-order valence-electron chi connectivity index (χ4n) is 7.84. The predicted molar refractivity (Wildman–Crippen MR) is 208 cm³/mol. The van der Waals surface area contributed by atoms with Gasteiger partial charge >= 0.3 is 0 Å². The first-order valence-electron chi connectivity index (χ1n) is 16.8. The third kappa shape index (κ3) is 4.40. The highest BCUT2D eigenvalue weighted by atomic mass is 16.3. The van der Waals surface area contributed by atoms with Crippen LogP contribution in [0.5, 0.6) is 0 Å². The Morgan fingerprint density at radius 3 is 1.49 bits per heavy atom. The first kappa shape index (κ1) is 27.7. The van der Waals surface area contributed by atoms with Gasteiger partial charge in [-0.1, -0.05) is 170 Å². The maximum Gasteiger partial charge on any atom is 0.143 e. The van der Waals surface area contributed by atoms with E-state index in [-0.39, 0.29) is 0 Å². The summed E-state index contributed by atoms with van der Waals surface area (Å²) in [6, 6.07) is 65.7. The lowest BCUT2D eigenvalue weighted by atomic mass is 9.85. The summed E-state index contributed by atoms with van der Waals surface area (Å²) >= 11 is 0. The van der Waals surface area contributed by atoms with Crippen molar-refractivity contribution in [2.75, 3.05) is 0 Å². The summed E-state index contributed by atoms with van der Waals surface area (Å²) in [6.45, 7) is 0. The zero-order chi connectivity index (χ0) is 32.3. The van der Waals surface area contributed by atoms with E-state index in [1.165, 1.54) is 65.7 Å². The monoisotopic (exact) mass is 622 g/mol. The average molecular weight is 623 g/mol. The molecule has 0 aliphatic carbocycles. The van der Waals surface area contributed by atoms with Gasteiger partial charge in [-0.2, -0.15) is 0 Å². The van der Waals surface area contributed by atoms with Crippen LogP contribution in [-0.4, -0.2) is 0 Å². The molecule has 0 radical (unpaired) electrons. The van der Waals surface area contributed by atoms with Gasteiger partial charge in [0, 0.05) is 16.3 Å². The molecule has 0 N–H and O–H groups in total. The van der Waals surface area contributed by atoms with Crippen molar-refractivity contribution in [3.8, 4) is 44.5 Å². The molecule has 0 aliphatic heterocycles. The number of fused-ring (bicyclic) bond motifs is 6. The molecule has 1 aromatic heterocycles. The molecule has 0 unspecified atom stereocenters. The molecule has 0 bridgehead atoms. The molecule has 9 aromatic carbocycles. The van der Waals surface area contributed by atoms with Gasteiger partial charge in [-0.15, -0.1) is 0 Å². The Bertz CT molecular complexity index is 2810. The minimum Gasteiger partial charge on any atom is -0.455 e. The largest absolute Gasteiger partial charge is 0.455 e. The summed E-state index contributed by atoms with van der Waals surface area (Å²) in [5.41, 5.74) is 11.5. The van der Waals surface area contributed by atoms with Gasteiger partial charge in [0.1, 0.15) is 11.2 Å². The van der Waals surface area contributed by atoms with Crippen LogP contribution >= 0.6 is 0 Å². The second-order valence-electron chi connectivity index (χ2n) is 12.8. The van der Waals surface area contributed by atoms with Gasteiger partial charge in [0.25, 0.3) is 0 Å². The molecule has 49 heavy (non-hydrogen) atoms. The lowest BCUT2D eigenvalue weighted by molar-refractivity contribution is 0.670. The van der Waals surface area contributed by atoms with E-state index in [1.54, 1.807) is 0 Å². The number of para-hydroxylation sites is 2. The Morgan fingerprint density at radius 2 is 0.776 bits per heavy atom. The second kappa shape index (κ2) is 11.1. The van der Waals surface area contributed by atoms with E-state index < -0.39 is 0 Å². The van der Waals surface area contributed by atoms with E-state index >= 15 is 0 Å². The van der Waals surface area contributed by atoms with Crippen molar-refractivity contribution in [2.45, 2.75) is 0 Å². The van der Waals surface area contributed by atoms with Crippen molar-refractivity contribution in [1.29, 1.82) is 0 Å². The molecule has 10 rings (SSSR count). The number of benzene rings is 9. The first-order chi connectivity index (χ1) is 24.3. The van der Waals surface area contributed by atoms with E-state index in [0.29, 0.717) is 0 Å². The molecular weight excluding hydrogens is 593 g/mol. The fourth-order valence-corrected chi connectivity index (χ4v) is 7.84. The van der Waals surface area contributed by atoms with E-state index in [9.17, 15) is 0 Å². The van der Waals surface area contributed by atoms with Crippen molar-refractivity contribution in [2.24, 2.45) is 0 Å². The summed E-state index contributed by atoms with van der Waals surface area (Å²) in [5, 5.41) is 9.84. The predicted octanol–water partition coefficient (Wildman–Crippen LogP) is 13.7. The Kier molecular flexibility index (Phi) is 6.25. The number of hydrogen-bond acceptors (Lipinski definition) is 1. The van der Waals surface area contributed by atoms with Crippen LogP contribution in [0.1, 0.15) is 0 Å². The van der Waals surface area contributed by atoms with Gasteiger partial charge < -0.3 is 4.42 Å². The van der Waals surface area contributed by atoms with Gasteiger partial charge in [-0.05, 0) is 83.4 Å². The number of hydrogen-bond donors (Lipinski definition) is 0. The Hall–Kier alpha value is -6.44. The quantitative estimate of drug-likeness (QED) is 0.178. The number of furan rings is 1. The summed E-state index contributed by atoms with van der Waals surface area (Å²) in [5.74, 6) is 0. The smallest absolute Gasteiger partial charge is 0.143 e. The molecule has 1 heterocycles. The normalized spacial score (nSPS) is 11.7. The van der Waals surface area contributed by atoms with Crippen LogP contribution in [0, 0.1) is 0 Å². The van der Waals surface area contributed by atoms with Crippen molar-refractivity contribution >= 4 is 54.3 Å². The van der Waals surface area contributed by atoms with E-state index in [1.807, 2.05) is 12.1 Å². The Balaban J connectivity index is 1.14.